The smallest absolute Gasteiger partial charge is 0.160 e. The first-order valence-corrected chi connectivity index (χ1v) is 8.53. The number of hydrogen-bond donors (Lipinski definition) is 3. The van der Waals surface area contributed by atoms with Crippen molar-refractivity contribution in [2.75, 3.05) is 20.8 Å². The first-order valence-electron chi connectivity index (χ1n) is 8.53. The molecule has 3 rings (SSSR count). The van der Waals surface area contributed by atoms with Crippen molar-refractivity contribution in [3.05, 3.63) is 47.5 Å². The van der Waals surface area contributed by atoms with Gasteiger partial charge in [-0.2, -0.15) is 0 Å². The maximum Gasteiger partial charge on any atom is 0.160 e. The van der Waals surface area contributed by atoms with Crippen molar-refractivity contribution in [1.29, 1.82) is 0 Å². The van der Waals surface area contributed by atoms with E-state index in [0.29, 0.717) is 30.9 Å². The average Bonchev–Trinajstić information content (AvgIpc) is 2.98. The summed E-state index contributed by atoms with van der Waals surface area (Å²) in [6.07, 6.45) is 0.476. The Balaban J connectivity index is 1.75. The minimum Gasteiger partial charge on any atom is -0.504 e. The topological polar surface area (TPSA) is 88.4 Å². The Morgan fingerprint density at radius 1 is 0.923 bits per heavy atom. The number of phenolic OH excluding ortho intramolecular Hbond substituents is 2. The van der Waals surface area contributed by atoms with Crippen LogP contribution in [0.25, 0.3) is 0 Å². The van der Waals surface area contributed by atoms with E-state index in [0.717, 1.165) is 11.1 Å². The molecule has 1 fully saturated rings. The van der Waals surface area contributed by atoms with Gasteiger partial charge in [0, 0.05) is 5.92 Å². The molecule has 3 N–H and O–H groups in total. The van der Waals surface area contributed by atoms with Gasteiger partial charge in [0.1, 0.15) is 0 Å². The molecule has 6 nitrogen and oxygen atoms in total. The van der Waals surface area contributed by atoms with Crippen molar-refractivity contribution in [3.8, 4) is 23.0 Å². The van der Waals surface area contributed by atoms with Gasteiger partial charge in [0.15, 0.2) is 29.3 Å². The molecule has 26 heavy (non-hydrogen) atoms. The second-order valence-electron chi connectivity index (χ2n) is 6.57. The number of hydrogen-bond acceptors (Lipinski definition) is 6. The van der Waals surface area contributed by atoms with E-state index in [4.69, 9.17) is 14.2 Å². The van der Waals surface area contributed by atoms with Gasteiger partial charge in [-0.25, -0.2) is 0 Å². The Bertz CT molecular complexity index is 760. The fraction of sp³-hybridized carbons (Fsp3) is 0.400. The molecule has 1 aliphatic rings. The van der Waals surface area contributed by atoms with Gasteiger partial charge >= 0.3 is 0 Å². The fourth-order valence-electron chi connectivity index (χ4n) is 3.45. The van der Waals surface area contributed by atoms with Crippen LogP contribution < -0.4 is 9.47 Å². The van der Waals surface area contributed by atoms with Crippen molar-refractivity contribution in [3.63, 3.8) is 0 Å². The van der Waals surface area contributed by atoms with Gasteiger partial charge in [0.05, 0.1) is 20.8 Å². The second kappa shape index (κ2) is 7.85. The summed E-state index contributed by atoms with van der Waals surface area (Å²) in [5, 5.41) is 29.7. The molecule has 0 spiro atoms. The lowest BCUT2D eigenvalue weighted by atomic mass is 9.84. The molecule has 0 bridgehead atoms. The number of rotatable bonds is 6. The quantitative estimate of drug-likeness (QED) is 0.733. The van der Waals surface area contributed by atoms with E-state index in [1.807, 2.05) is 12.1 Å². The zero-order valence-electron chi connectivity index (χ0n) is 14.9. The molecule has 1 saturated heterocycles. The zero-order chi connectivity index (χ0) is 18.7. The normalized spacial score (nSPS) is 22.3. The summed E-state index contributed by atoms with van der Waals surface area (Å²) in [5.41, 5.74) is 1.97. The summed E-state index contributed by atoms with van der Waals surface area (Å²) < 4.78 is 15.8. The van der Waals surface area contributed by atoms with Crippen LogP contribution in [0.15, 0.2) is 36.4 Å². The minimum atomic E-state index is -0.834. The lowest BCUT2D eigenvalue weighted by Crippen LogP contribution is -2.24. The SMILES string of the molecule is COc1cc(C[C@H]2COC(O)[C@@H]2Cc2ccc(O)c(OC)c2)ccc1O. The molecule has 0 radical (unpaired) electrons. The Morgan fingerprint density at radius 3 is 2.00 bits per heavy atom. The first-order chi connectivity index (χ1) is 12.5. The number of aliphatic hydroxyl groups is 1. The average molecular weight is 360 g/mol. The molecule has 0 aromatic heterocycles. The van der Waals surface area contributed by atoms with Gasteiger partial charge in [0.2, 0.25) is 0 Å². The van der Waals surface area contributed by atoms with Crippen molar-refractivity contribution in [2.45, 2.75) is 19.1 Å². The van der Waals surface area contributed by atoms with Crippen LogP contribution in [0.1, 0.15) is 11.1 Å². The fourth-order valence-corrected chi connectivity index (χ4v) is 3.45. The molecule has 6 heteroatoms. The molecule has 1 aliphatic heterocycles. The summed E-state index contributed by atoms with van der Waals surface area (Å²) in [6, 6.07) is 10.5. The highest BCUT2D eigenvalue weighted by Gasteiger charge is 2.36. The summed E-state index contributed by atoms with van der Waals surface area (Å²) in [4.78, 5) is 0. The van der Waals surface area contributed by atoms with Crippen molar-refractivity contribution in [1.82, 2.24) is 0 Å². The minimum absolute atomic E-state index is 0.0796. The summed E-state index contributed by atoms with van der Waals surface area (Å²) >= 11 is 0. The Kier molecular flexibility index (Phi) is 5.54. The highest BCUT2D eigenvalue weighted by atomic mass is 16.6. The second-order valence-corrected chi connectivity index (χ2v) is 6.57. The Hall–Kier alpha value is -2.44. The number of aliphatic hydroxyl groups excluding tert-OH is 1. The highest BCUT2D eigenvalue weighted by molar-refractivity contribution is 5.43. The molecule has 140 valence electrons. The third kappa shape index (κ3) is 3.86. The molecule has 0 saturated carbocycles. The maximum absolute atomic E-state index is 10.3. The summed E-state index contributed by atoms with van der Waals surface area (Å²) in [7, 11) is 3.02. The Morgan fingerprint density at radius 2 is 1.46 bits per heavy atom. The van der Waals surface area contributed by atoms with Gasteiger partial charge < -0.3 is 29.5 Å². The third-order valence-corrected chi connectivity index (χ3v) is 4.91. The third-order valence-electron chi connectivity index (χ3n) is 4.91. The summed E-state index contributed by atoms with van der Waals surface area (Å²) in [5.74, 6) is 1.08. The van der Waals surface area contributed by atoms with Crippen LogP contribution in [-0.4, -0.2) is 42.4 Å². The van der Waals surface area contributed by atoms with Crippen molar-refractivity contribution in [2.24, 2.45) is 11.8 Å². The van der Waals surface area contributed by atoms with E-state index in [2.05, 4.69) is 0 Å². The van der Waals surface area contributed by atoms with E-state index in [1.165, 1.54) is 14.2 Å². The lowest BCUT2D eigenvalue weighted by Gasteiger charge is -2.21. The van der Waals surface area contributed by atoms with Crippen molar-refractivity contribution < 1.29 is 29.5 Å². The van der Waals surface area contributed by atoms with Crippen LogP contribution in [0.4, 0.5) is 0 Å². The number of ether oxygens (including phenoxy) is 3. The van der Waals surface area contributed by atoms with E-state index in [9.17, 15) is 15.3 Å². The van der Waals surface area contributed by atoms with Crippen molar-refractivity contribution >= 4 is 0 Å². The number of methoxy groups -OCH3 is 2. The monoisotopic (exact) mass is 360 g/mol. The number of phenols is 2. The lowest BCUT2D eigenvalue weighted by molar-refractivity contribution is -0.0820. The molecular formula is C20H24O6. The number of aromatic hydroxyl groups is 2. The number of benzene rings is 2. The largest absolute Gasteiger partial charge is 0.504 e. The van der Waals surface area contributed by atoms with Gasteiger partial charge in [-0.05, 0) is 54.2 Å². The molecule has 0 aliphatic carbocycles. The van der Waals surface area contributed by atoms with E-state index >= 15 is 0 Å². The standard InChI is InChI=1S/C20H24O6/c1-24-18-9-12(3-5-16(18)21)7-14-11-26-20(23)15(14)8-13-4-6-17(22)19(10-13)25-2/h3-6,9-10,14-15,20-23H,7-8,11H2,1-2H3/t14-,15+,20?/m0/s1. The van der Waals surface area contributed by atoms with Crippen LogP contribution >= 0.6 is 0 Å². The molecular weight excluding hydrogens is 336 g/mol. The highest BCUT2D eigenvalue weighted by Crippen LogP contribution is 2.35. The van der Waals surface area contributed by atoms with E-state index in [1.54, 1.807) is 24.3 Å². The first kappa shape index (κ1) is 18.4. The van der Waals surface area contributed by atoms with Crippen LogP contribution in [0.5, 0.6) is 23.0 Å². The predicted molar refractivity (Wildman–Crippen MR) is 95.7 cm³/mol. The molecule has 3 atom stereocenters. The van der Waals surface area contributed by atoms with Crippen LogP contribution in [-0.2, 0) is 17.6 Å². The zero-order valence-corrected chi connectivity index (χ0v) is 14.9. The molecule has 1 unspecified atom stereocenters. The van der Waals surface area contributed by atoms with Crippen LogP contribution in [0, 0.1) is 11.8 Å². The molecule has 1 heterocycles. The van der Waals surface area contributed by atoms with Crippen LogP contribution in [0.3, 0.4) is 0 Å². The van der Waals surface area contributed by atoms with Crippen LogP contribution in [0.2, 0.25) is 0 Å². The van der Waals surface area contributed by atoms with Gasteiger partial charge in [-0.3, -0.25) is 0 Å². The Labute approximate surface area is 152 Å². The van der Waals surface area contributed by atoms with E-state index in [-0.39, 0.29) is 23.3 Å². The molecule has 0 amide bonds. The van der Waals surface area contributed by atoms with Gasteiger partial charge in [-0.1, -0.05) is 12.1 Å². The van der Waals surface area contributed by atoms with Gasteiger partial charge in [-0.15, -0.1) is 0 Å². The predicted octanol–water partition coefficient (Wildman–Crippen LogP) is 2.48. The van der Waals surface area contributed by atoms with E-state index < -0.39 is 6.29 Å². The maximum atomic E-state index is 10.3. The molecule has 2 aromatic rings. The van der Waals surface area contributed by atoms with Gasteiger partial charge in [0.25, 0.3) is 0 Å². The summed E-state index contributed by atoms with van der Waals surface area (Å²) in [6.45, 7) is 0.463. The molecule has 2 aromatic carbocycles.